The van der Waals surface area contributed by atoms with Crippen LogP contribution in [0.5, 0.6) is 0 Å². The molecular weight excluding hydrogens is 1010 g/mol. The van der Waals surface area contributed by atoms with Crippen LogP contribution in [0, 0.1) is 0 Å². The Kier molecular flexibility index (Phi) is 58.1. The predicted octanol–water partition coefficient (Wildman–Crippen LogP) is 20.8. The fourth-order valence-electron chi connectivity index (χ4n) is 9.90. The van der Waals surface area contributed by atoms with Crippen LogP contribution in [-0.2, 0) is 27.9 Å². The summed E-state index contributed by atoms with van der Waals surface area (Å²) in [6, 6.07) is -0.894. The third kappa shape index (κ3) is 60.3. The van der Waals surface area contributed by atoms with Gasteiger partial charge in [-0.1, -0.05) is 281 Å². The van der Waals surface area contributed by atoms with Crippen molar-refractivity contribution in [3.05, 3.63) is 60.8 Å². The van der Waals surface area contributed by atoms with E-state index in [1.165, 1.54) is 199 Å². The van der Waals surface area contributed by atoms with Gasteiger partial charge >= 0.3 is 5.97 Å². The predicted molar refractivity (Wildman–Crippen MR) is 344 cm³/mol. The highest BCUT2D eigenvalue weighted by Crippen LogP contribution is 2.38. The molecule has 0 heterocycles. The topological polar surface area (TPSA) is 114 Å². The molecule has 0 aromatic carbocycles. The van der Waals surface area contributed by atoms with E-state index >= 15 is 0 Å². The Hall–Kier alpha value is -2.29. The van der Waals surface area contributed by atoms with Crippen molar-refractivity contribution in [2.75, 3.05) is 40.9 Å². The van der Waals surface area contributed by atoms with E-state index in [9.17, 15) is 19.0 Å². The molecule has 0 aromatic rings. The molecule has 0 saturated carbocycles. The second-order valence-corrected chi connectivity index (χ2v) is 25.8. The summed E-state index contributed by atoms with van der Waals surface area (Å²) in [7, 11) is 1.18. The van der Waals surface area contributed by atoms with Crippen LogP contribution < -0.4 is 10.2 Å². The Morgan fingerprint density at radius 1 is 0.450 bits per heavy atom. The normalized spacial score (nSPS) is 13.9. The molecule has 0 fully saturated rings. The Labute approximate surface area is 496 Å². The van der Waals surface area contributed by atoms with Gasteiger partial charge in [0.05, 0.1) is 33.8 Å². The minimum absolute atomic E-state index is 0.0246. The Balaban J connectivity index is 5.01. The highest BCUT2D eigenvalue weighted by molar-refractivity contribution is 7.45. The van der Waals surface area contributed by atoms with Crippen LogP contribution in [0.15, 0.2) is 60.8 Å². The number of nitrogens with one attached hydrogen (secondary N) is 1. The molecule has 468 valence electrons. The molecule has 10 heteroatoms. The summed E-state index contributed by atoms with van der Waals surface area (Å²) < 4.78 is 30.4. The number of phosphoric acid groups is 1. The molecule has 0 aliphatic carbocycles. The minimum atomic E-state index is -4.70. The summed E-state index contributed by atoms with van der Waals surface area (Å²) in [5.74, 6) is -0.544. The maximum Gasteiger partial charge on any atom is 0.306 e. The number of esters is 1. The van der Waals surface area contributed by atoms with Gasteiger partial charge in [-0.3, -0.25) is 14.2 Å². The monoisotopic (exact) mass is 1140 g/mol. The van der Waals surface area contributed by atoms with E-state index < -0.39 is 26.6 Å². The Bertz CT molecular complexity index is 1550. The van der Waals surface area contributed by atoms with Gasteiger partial charge < -0.3 is 28.5 Å². The van der Waals surface area contributed by atoms with Gasteiger partial charge in [0.15, 0.2) is 0 Å². The first-order valence-corrected chi connectivity index (χ1v) is 35.6. The lowest BCUT2D eigenvalue weighted by Gasteiger charge is -2.30. The first-order valence-electron chi connectivity index (χ1n) is 34.1. The van der Waals surface area contributed by atoms with Crippen LogP contribution in [-0.4, -0.2) is 69.4 Å². The number of amides is 1. The summed E-state index contributed by atoms with van der Waals surface area (Å²) in [5.41, 5.74) is 0. The van der Waals surface area contributed by atoms with Gasteiger partial charge in [-0.05, 0) is 89.5 Å². The molecule has 9 nitrogen and oxygen atoms in total. The average molecular weight is 1140 g/mol. The molecule has 0 saturated heterocycles. The maximum absolute atomic E-state index is 13.5. The number of carbonyl (C=O) groups excluding carboxylic acids is 2. The fraction of sp³-hybridized carbons (Fsp3) is 0.829. The van der Waals surface area contributed by atoms with Gasteiger partial charge in [0.2, 0.25) is 5.91 Å². The number of ether oxygens (including phenoxy) is 1. The van der Waals surface area contributed by atoms with E-state index in [1.54, 1.807) is 0 Å². The summed E-state index contributed by atoms with van der Waals surface area (Å²) in [4.78, 5) is 40.1. The van der Waals surface area contributed by atoms with Gasteiger partial charge in [-0.15, -0.1) is 0 Å². The van der Waals surface area contributed by atoms with Crippen LogP contribution in [0.4, 0.5) is 0 Å². The van der Waals surface area contributed by atoms with Crippen molar-refractivity contribution in [3.8, 4) is 0 Å². The molecular formula is C70H131N2O7P. The standard InChI is InChI=1S/C70H131N2O7P/c1-7-10-13-16-19-22-25-28-30-31-32-33-34-35-36-37-38-39-40-41-43-45-48-51-54-57-60-63-70(74)79-68(61-58-55-52-49-46-27-24-21-18-15-12-9-3)67(66-78-80(75,76)77-65-64-72(4,5)6)71-69(73)62-59-56-53-50-47-44-42-29-26-23-20-17-14-11-8-2/h19-20,22-23,26,28-30,58,61,67-68H,7-18,21,24-25,27,31-57,59-60,62-66H2,1-6H3,(H-,71,73,75,76)/b22-19-,23-20+,29-26+,30-28-,61-58-. The molecule has 0 radical (unpaired) electrons. The van der Waals surface area contributed by atoms with Gasteiger partial charge in [-0.25, -0.2) is 0 Å². The Morgan fingerprint density at radius 2 is 0.800 bits per heavy atom. The van der Waals surface area contributed by atoms with E-state index in [0.717, 1.165) is 89.9 Å². The van der Waals surface area contributed by atoms with Crippen LogP contribution >= 0.6 is 7.82 Å². The van der Waals surface area contributed by atoms with Crippen molar-refractivity contribution in [1.29, 1.82) is 0 Å². The molecule has 0 aliphatic heterocycles. The number of hydrogen-bond acceptors (Lipinski definition) is 7. The number of phosphoric ester groups is 1. The summed E-state index contributed by atoms with van der Waals surface area (Å²) in [6.07, 6.45) is 76.3. The number of nitrogens with zero attached hydrogens (tertiary/aromatic N) is 1. The zero-order valence-corrected chi connectivity index (χ0v) is 54.4. The molecule has 0 spiro atoms. The lowest BCUT2D eigenvalue weighted by molar-refractivity contribution is -0.870. The van der Waals surface area contributed by atoms with Crippen molar-refractivity contribution in [2.24, 2.45) is 0 Å². The second kappa shape index (κ2) is 59.9. The zero-order valence-electron chi connectivity index (χ0n) is 53.5. The van der Waals surface area contributed by atoms with E-state index in [2.05, 4.69) is 74.7 Å². The molecule has 80 heavy (non-hydrogen) atoms. The number of carbonyl (C=O) groups is 2. The number of hydrogen-bond donors (Lipinski definition) is 1. The van der Waals surface area contributed by atoms with Crippen LogP contribution in [0.25, 0.3) is 0 Å². The molecule has 0 aliphatic rings. The molecule has 0 rings (SSSR count). The molecule has 3 unspecified atom stereocenters. The fourth-order valence-corrected chi connectivity index (χ4v) is 10.6. The van der Waals surface area contributed by atoms with Gasteiger partial charge in [0, 0.05) is 12.8 Å². The molecule has 0 aromatic heterocycles. The van der Waals surface area contributed by atoms with E-state index in [-0.39, 0.29) is 24.9 Å². The smallest absolute Gasteiger partial charge is 0.306 e. The van der Waals surface area contributed by atoms with Crippen LogP contribution in [0.1, 0.15) is 323 Å². The van der Waals surface area contributed by atoms with Gasteiger partial charge in [0.25, 0.3) is 7.82 Å². The van der Waals surface area contributed by atoms with Crippen LogP contribution in [0.3, 0.4) is 0 Å². The number of unbranched alkanes of at least 4 members (excludes halogenated alkanes) is 39. The van der Waals surface area contributed by atoms with E-state index in [4.69, 9.17) is 13.8 Å². The second-order valence-electron chi connectivity index (χ2n) is 24.4. The number of quaternary nitrogens is 1. The zero-order chi connectivity index (χ0) is 58.6. The van der Waals surface area contributed by atoms with Crippen molar-refractivity contribution in [1.82, 2.24) is 5.32 Å². The molecule has 1 N–H and O–H groups in total. The Morgan fingerprint density at radius 3 is 1.23 bits per heavy atom. The highest BCUT2D eigenvalue weighted by Gasteiger charge is 2.27. The lowest BCUT2D eigenvalue weighted by Crippen LogP contribution is -2.47. The van der Waals surface area contributed by atoms with Crippen molar-refractivity contribution in [3.63, 3.8) is 0 Å². The molecule has 0 bridgehead atoms. The minimum Gasteiger partial charge on any atom is -0.756 e. The number of allylic oxidation sites excluding steroid dienone is 9. The van der Waals surface area contributed by atoms with Crippen molar-refractivity contribution < 1.29 is 37.3 Å². The van der Waals surface area contributed by atoms with Crippen LogP contribution in [0.2, 0.25) is 0 Å². The molecule has 3 atom stereocenters. The summed E-state index contributed by atoms with van der Waals surface area (Å²) in [6.45, 7) is 6.81. The third-order valence-corrected chi connectivity index (χ3v) is 16.2. The lowest BCUT2D eigenvalue weighted by atomic mass is 10.0. The first kappa shape index (κ1) is 77.7. The number of rotatable bonds is 62. The van der Waals surface area contributed by atoms with E-state index in [1.807, 2.05) is 33.3 Å². The third-order valence-electron chi connectivity index (χ3n) is 15.2. The largest absolute Gasteiger partial charge is 0.756 e. The van der Waals surface area contributed by atoms with Crippen molar-refractivity contribution in [2.45, 2.75) is 335 Å². The number of likely N-dealkylation sites (N-methyl/N-ethyl adjacent to an activating group) is 1. The summed E-state index contributed by atoms with van der Waals surface area (Å²) in [5, 5.41) is 3.03. The van der Waals surface area contributed by atoms with Crippen molar-refractivity contribution >= 4 is 19.7 Å². The maximum atomic E-state index is 13.5. The summed E-state index contributed by atoms with van der Waals surface area (Å²) >= 11 is 0. The van der Waals surface area contributed by atoms with E-state index in [0.29, 0.717) is 17.4 Å². The molecule has 1 amide bonds. The average Bonchev–Trinajstić information content (AvgIpc) is 3.43. The quantitative estimate of drug-likeness (QED) is 0.0161. The van der Waals surface area contributed by atoms with Gasteiger partial charge in [-0.2, -0.15) is 0 Å². The highest BCUT2D eigenvalue weighted by atomic mass is 31.2. The first-order chi connectivity index (χ1) is 38.9. The van der Waals surface area contributed by atoms with Gasteiger partial charge in [0.1, 0.15) is 19.3 Å². The SMILES string of the molecule is CCCCC/C=C\C/C=C\CCCCCCCCCCCCCCCCCCCC(=O)OC(/C=C\CCCCCCCCCCCC)C(COP(=O)([O-])OCC[N+](C)(C)C)NC(=O)CCCCCCCC/C=C/C=C/CCCCC.